The Kier molecular flexibility index (Phi) is 2.80. The van der Waals surface area contributed by atoms with E-state index in [1.54, 1.807) is 18.2 Å². The molecule has 1 aromatic carbocycles. The van der Waals surface area contributed by atoms with Crippen molar-refractivity contribution in [3.05, 3.63) is 40.3 Å². The van der Waals surface area contributed by atoms with Gasteiger partial charge in [0, 0.05) is 11.4 Å². The highest BCUT2D eigenvalue weighted by molar-refractivity contribution is 6.04. The lowest BCUT2D eigenvalue weighted by Crippen LogP contribution is -2.39. The fraction of sp³-hybridized carbons (Fsp3) is 0.438. The lowest BCUT2D eigenvalue weighted by Gasteiger charge is -2.17. The molecule has 2 fully saturated rings. The second-order valence-electron chi connectivity index (χ2n) is 6.12. The summed E-state index contributed by atoms with van der Waals surface area (Å²) in [5.74, 6) is 1.09. The second kappa shape index (κ2) is 4.69. The summed E-state index contributed by atoms with van der Waals surface area (Å²) in [4.78, 5) is 24.3. The Morgan fingerprint density at radius 2 is 1.76 bits per heavy atom. The second-order valence-corrected chi connectivity index (χ2v) is 6.12. The molecule has 2 aromatic rings. The lowest BCUT2D eigenvalue weighted by molar-refractivity contribution is 0.0922. The smallest absolute Gasteiger partial charge is 0.272 e. The molecule has 5 nitrogen and oxygen atoms in total. The van der Waals surface area contributed by atoms with Gasteiger partial charge in [0.05, 0.1) is 5.39 Å². The molecule has 2 aliphatic carbocycles. The first-order chi connectivity index (χ1) is 10.2. The van der Waals surface area contributed by atoms with Gasteiger partial charge < -0.3 is 5.32 Å². The first-order valence-corrected chi connectivity index (χ1v) is 7.52. The van der Waals surface area contributed by atoms with E-state index >= 15 is 0 Å². The van der Waals surface area contributed by atoms with Gasteiger partial charge in [-0.05, 0) is 43.6 Å². The van der Waals surface area contributed by atoms with Crippen molar-refractivity contribution in [3.63, 3.8) is 0 Å². The van der Waals surface area contributed by atoms with Crippen LogP contribution in [0.2, 0.25) is 0 Å². The van der Waals surface area contributed by atoms with E-state index < -0.39 is 0 Å². The number of amides is 1. The third kappa shape index (κ3) is 2.33. The summed E-state index contributed by atoms with van der Waals surface area (Å²) in [7, 11) is 0. The number of hydrogen-bond donors (Lipinski definition) is 2. The standard InChI is InChI=1S/C16H17N3O2/c20-15-12-4-2-1-3-11(12)14(18-19-15)16(21)17-13(9-5-6-9)10-7-8-10/h1-4,9-10,13H,5-8H2,(H,17,21)(H,19,20). The van der Waals surface area contributed by atoms with Crippen LogP contribution in [0.25, 0.3) is 10.8 Å². The monoisotopic (exact) mass is 283 g/mol. The van der Waals surface area contributed by atoms with E-state index in [-0.39, 0.29) is 17.5 Å². The molecule has 0 aliphatic heterocycles. The fourth-order valence-corrected chi connectivity index (χ4v) is 3.04. The van der Waals surface area contributed by atoms with Crippen molar-refractivity contribution in [3.8, 4) is 0 Å². The minimum Gasteiger partial charge on any atom is -0.347 e. The predicted octanol–water partition coefficient (Wildman–Crippen LogP) is 1.84. The molecule has 2 aliphatic rings. The quantitative estimate of drug-likeness (QED) is 0.899. The molecule has 4 rings (SSSR count). The highest BCUT2D eigenvalue weighted by Crippen LogP contribution is 2.44. The molecule has 0 saturated heterocycles. The van der Waals surface area contributed by atoms with Gasteiger partial charge in [0.15, 0.2) is 5.69 Å². The van der Waals surface area contributed by atoms with Gasteiger partial charge in [0.1, 0.15) is 0 Å². The largest absolute Gasteiger partial charge is 0.347 e. The maximum atomic E-state index is 12.5. The molecule has 1 amide bonds. The van der Waals surface area contributed by atoms with Crippen LogP contribution in [0.1, 0.15) is 36.2 Å². The van der Waals surface area contributed by atoms with Gasteiger partial charge in [0.2, 0.25) is 0 Å². The van der Waals surface area contributed by atoms with Crippen LogP contribution in [0.5, 0.6) is 0 Å². The van der Waals surface area contributed by atoms with E-state index in [9.17, 15) is 9.59 Å². The van der Waals surface area contributed by atoms with Crippen LogP contribution >= 0.6 is 0 Å². The van der Waals surface area contributed by atoms with E-state index in [0.717, 1.165) is 0 Å². The molecule has 1 aromatic heterocycles. The molecule has 0 bridgehead atoms. The topological polar surface area (TPSA) is 74.8 Å². The highest BCUT2D eigenvalue weighted by atomic mass is 16.2. The van der Waals surface area contributed by atoms with Crippen LogP contribution in [0, 0.1) is 11.8 Å². The normalized spacial score (nSPS) is 18.1. The maximum absolute atomic E-state index is 12.5. The third-order valence-corrected chi connectivity index (χ3v) is 4.47. The van der Waals surface area contributed by atoms with Gasteiger partial charge in [-0.25, -0.2) is 5.10 Å². The fourth-order valence-electron chi connectivity index (χ4n) is 3.04. The van der Waals surface area contributed by atoms with Crippen molar-refractivity contribution in [1.29, 1.82) is 0 Å². The van der Waals surface area contributed by atoms with Gasteiger partial charge in [-0.2, -0.15) is 5.10 Å². The summed E-state index contributed by atoms with van der Waals surface area (Å²) >= 11 is 0. The van der Waals surface area contributed by atoms with Crippen molar-refractivity contribution in [2.75, 3.05) is 0 Å². The molecule has 1 heterocycles. The SMILES string of the molecule is O=C(NC(C1CC1)C1CC1)c1n[nH]c(=O)c2ccccc12. The van der Waals surface area contributed by atoms with Crippen molar-refractivity contribution < 1.29 is 4.79 Å². The lowest BCUT2D eigenvalue weighted by atomic mass is 10.1. The Morgan fingerprint density at radius 3 is 2.38 bits per heavy atom. The first kappa shape index (κ1) is 12.6. The Hall–Kier alpha value is -2.17. The number of fused-ring (bicyclic) bond motifs is 1. The van der Waals surface area contributed by atoms with E-state index in [1.807, 2.05) is 6.07 Å². The molecule has 0 spiro atoms. The molecule has 21 heavy (non-hydrogen) atoms. The number of H-pyrrole nitrogens is 1. The number of aromatic amines is 1. The summed E-state index contributed by atoms with van der Waals surface area (Å²) in [5.41, 5.74) is 0.0552. The summed E-state index contributed by atoms with van der Waals surface area (Å²) in [6, 6.07) is 7.38. The molecule has 5 heteroatoms. The average molecular weight is 283 g/mol. The molecular weight excluding hydrogens is 266 g/mol. The van der Waals surface area contributed by atoms with Crippen LogP contribution in [-0.4, -0.2) is 22.1 Å². The number of hydrogen-bond acceptors (Lipinski definition) is 3. The van der Waals surface area contributed by atoms with Gasteiger partial charge in [0.25, 0.3) is 11.5 Å². The Morgan fingerprint density at radius 1 is 1.14 bits per heavy atom. The summed E-state index contributed by atoms with van der Waals surface area (Å²) < 4.78 is 0. The zero-order valence-electron chi connectivity index (χ0n) is 11.6. The molecule has 0 unspecified atom stereocenters. The maximum Gasteiger partial charge on any atom is 0.272 e. The van der Waals surface area contributed by atoms with Crippen molar-refractivity contribution in [2.45, 2.75) is 31.7 Å². The van der Waals surface area contributed by atoms with Crippen molar-refractivity contribution >= 4 is 16.7 Å². The summed E-state index contributed by atoms with van der Waals surface area (Å²) in [5, 5.41) is 10.7. The van der Waals surface area contributed by atoms with Gasteiger partial charge in [-0.1, -0.05) is 18.2 Å². The number of carbonyl (C=O) groups excluding carboxylic acids is 1. The molecular formula is C16H17N3O2. The van der Waals surface area contributed by atoms with E-state index in [0.29, 0.717) is 28.3 Å². The number of carbonyl (C=O) groups is 1. The number of nitrogens with one attached hydrogen (secondary N) is 2. The number of aromatic nitrogens is 2. The highest BCUT2D eigenvalue weighted by Gasteiger charge is 2.42. The molecule has 108 valence electrons. The van der Waals surface area contributed by atoms with Crippen molar-refractivity contribution in [1.82, 2.24) is 15.5 Å². The predicted molar refractivity (Wildman–Crippen MR) is 79.1 cm³/mol. The number of rotatable bonds is 4. The van der Waals surface area contributed by atoms with Crippen LogP contribution in [-0.2, 0) is 0 Å². The van der Waals surface area contributed by atoms with Gasteiger partial charge in [-0.15, -0.1) is 0 Å². The first-order valence-electron chi connectivity index (χ1n) is 7.52. The number of benzene rings is 1. The molecule has 2 saturated carbocycles. The average Bonchev–Trinajstić information content (AvgIpc) is 3.39. The molecule has 0 radical (unpaired) electrons. The summed E-state index contributed by atoms with van der Waals surface area (Å²) in [6.07, 6.45) is 4.84. The minimum absolute atomic E-state index is 0.175. The molecule has 0 atom stereocenters. The number of nitrogens with zero attached hydrogens (tertiary/aromatic N) is 1. The van der Waals surface area contributed by atoms with Crippen LogP contribution in [0.4, 0.5) is 0 Å². The minimum atomic E-state index is -0.261. The van der Waals surface area contributed by atoms with Crippen LogP contribution < -0.4 is 10.9 Å². The third-order valence-electron chi connectivity index (χ3n) is 4.47. The van der Waals surface area contributed by atoms with Crippen LogP contribution in [0.3, 0.4) is 0 Å². The zero-order chi connectivity index (χ0) is 14.4. The van der Waals surface area contributed by atoms with Crippen LogP contribution in [0.15, 0.2) is 29.1 Å². The zero-order valence-corrected chi connectivity index (χ0v) is 11.6. The molecule has 2 N–H and O–H groups in total. The summed E-state index contributed by atoms with van der Waals surface area (Å²) in [6.45, 7) is 0. The van der Waals surface area contributed by atoms with E-state index in [4.69, 9.17) is 0 Å². The van der Waals surface area contributed by atoms with Crippen molar-refractivity contribution in [2.24, 2.45) is 11.8 Å². The van der Waals surface area contributed by atoms with Gasteiger partial charge in [-0.3, -0.25) is 9.59 Å². The van der Waals surface area contributed by atoms with Gasteiger partial charge >= 0.3 is 0 Å². The Bertz CT molecular complexity index is 747. The Balaban J connectivity index is 1.67. The Labute approximate surface area is 121 Å². The van der Waals surface area contributed by atoms with E-state index in [2.05, 4.69) is 15.5 Å². The van der Waals surface area contributed by atoms with E-state index in [1.165, 1.54) is 25.7 Å².